The van der Waals surface area contributed by atoms with Crippen molar-refractivity contribution in [2.75, 3.05) is 18.5 Å². The van der Waals surface area contributed by atoms with Gasteiger partial charge >= 0.3 is 12.1 Å². The highest BCUT2D eigenvalue weighted by atomic mass is 16.5. The number of ether oxygens (including phenoxy) is 1. The molecule has 0 heterocycles. The Bertz CT molecular complexity index is 1150. The first kappa shape index (κ1) is 20.0. The minimum absolute atomic E-state index is 0.0183. The molecule has 0 spiro atoms. The van der Waals surface area contributed by atoms with Gasteiger partial charge in [-0.05, 0) is 40.5 Å². The molecule has 31 heavy (non-hydrogen) atoms. The summed E-state index contributed by atoms with van der Waals surface area (Å²) < 4.78 is 5.48. The number of rotatable bonds is 4. The second-order valence-electron chi connectivity index (χ2n) is 7.05. The second kappa shape index (κ2) is 9.06. The highest BCUT2D eigenvalue weighted by Crippen LogP contribution is 2.44. The van der Waals surface area contributed by atoms with Gasteiger partial charge in [0.25, 0.3) is 0 Å². The van der Waals surface area contributed by atoms with Crippen molar-refractivity contribution in [3.63, 3.8) is 0 Å². The van der Waals surface area contributed by atoms with Crippen LogP contribution in [0.4, 0.5) is 15.3 Å². The average molecular weight is 411 g/mol. The van der Waals surface area contributed by atoms with E-state index in [1.54, 1.807) is 24.3 Å². The molecule has 6 nitrogen and oxygen atoms in total. The summed E-state index contributed by atoms with van der Waals surface area (Å²) in [5, 5.41) is 5.14. The number of alkyl carbamates (subject to hydrolysis) is 1. The summed E-state index contributed by atoms with van der Waals surface area (Å²) in [7, 11) is 0. The maximum absolute atomic E-state index is 12.1. The quantitative estimate of drug-likeness (QED) is 0.565. The number of nitrogens with two attached hydrogens (primary N) is 1. The van der Waals surface area contributed by atoms with Crippen LogP contribution >= 0.6 is 0 Å². The molecule has 3 aromatic carbocycles. The van der Waals surface area contributed by atoms with Crippen LogP contribution in [-0.2, 0) is 4.74 Å². The monoisotopic (exact) mass is 411 g/mol. The maximum Gasteiger partial charge on any atom is 0.407 e. The fraction of sp³-hybridized carbons (Fsp3) is 0.120. The first-order valence-corrected chi connectivity index (χ1v) is 9.86. The van der Waals surface area contributed by atoms with Gasteiger partial charge in [-0.1, -0.05) is 66.4 Å². The van der Waals surface area contributed by atoms with E-state index in [1.807, 2.05) is 24.3 Å². The molecule has 1 aliphatic rings. The zero-order valence-electron chi connectivity index (χ0n) is 16.7. The smallest absolute Gasteiger partial charge is 0.407 e. The predicted octanol–water partition coefficient (Wildman–Crippen LogP) is 4.07. The first-order valence-electron chi connectivity index (χ1n) is 9.86. The number of hydrogen-bond acceptors (Lipinski definition) is 3. The summed E-state index contributed by atoms with van der Waals surface area (Å²) in [6.45, 7) is 0.401. The molecular weight excluding hydrogens is 390 g/mol. The Labute approximate surface area is 180 Å². The van der Waals surface area contributed by atoms with Crippen molar-refractivity contribution in [2.45, 2.75) is 5.92 Å². The molecule has 0 aromatic heterocycles. The predicted molar refractivity (Wildman–Crippen MR) is 120 cm³/mol. The largest absolute Gasteiger partial charge is 0.449 e. The van der Waals surface area contributed by atoms with Gasteiger partial charge in [0, 0.05) is 17.2 Å². The summed E-state index contributed by atoms with van der Waals surface area (Å²) >= 11 is 0. The van der Waals surface area contributed by atoms with E-state index in [0.29, 0.717) is 11.3 Å². The van der Waals surface area contributed by atoms with E-state index >= 15 is 0 Å². The Kier molecular flexibility index (Phi) is 5.86. The van der Waals surface area contributed by atoms with E-state index in [9.17, 15) is 9.59 Å². The van der Waals surface area contributed by atoms with Crippen molar-refractivity contribution in [1.29, 1.82) is 0 Å². The number of urea groups is 1. The number of carbonyl (C=O) groups is 2. The molecular formula is C25H21N3O3. The number of hydrogen-bond donors (Lipinski definition) is 3. The third kappa shape index (κ3) is 4.68. The first-order chi connectivity index (χ1) is 15.1. The zero-order valence-corrected chi connectivity index (χ0v) is 16.7. The lowest BCUT2D eigenvalue weighted by molar-refractivity contribution is 0.144. The molecule has 0 radical (unpaired) electrons. The van der Waals surface area contributed by atoms with E-state index in [-0.39, 0.29) is 19.1 Å². The molecule has 6 heteroatoms. The topological polar surface area (TPSA) is 93.5 Å². The number of nitrogens with one attached hydrogen (secondary N) is 2. The van der Waals surface area contributed by atoms with Gasteiger partial charge in [-0.2, -0.15) is 0 Å². The third-order valence-electron chi connectivity index (χ3n) is 5.03. The molecule has 1 aliphatic carbocycles. The molecule has 0 saturated carbocycles. The lowest BCUT2D eigenvalue weighted by atomic mass is 9.98. The summed E-state index contributed by atoms with van der Waals surface area (Å²) in [5.74, 6) is 5.81. The van der Waals surface area contributed by atoms with Crippen LogP contribution in [0.2, 0.25) is 0 Å². The number of anilines is 1. The van der Waals surface area contributed by atoms with Crippen LogP contribution in [-0.4, -0.2) is 25.3 Å². The Morgan fingerprint density at radius 1 is 0.935 bits per heavy atom. The van der Waals surface area contributed by atoms with Gasteiger partial charge < -0.3 is 21.1 Å². The minimum atomic E-state index is -0.637. The van der Waals surface area contributed by atoms with Gasteiger partial charge in [-0.3, -0.25) is 0 Å². The van der Waals surface area contributed by atoms with Crippen LogP contribution in [0.1, 0.15) is 22.6 Å². The van der Waals surface area contributed by atoms with Crippen LogP contribution in [0.3, 0.4) is 0 Å². The normalized spacial score (nSPS) is 11.5. The lowest BCUT2D eigenvalue weighted by Crippen LogP contribution is -2.26. The van der Waals surface area contributed by atoms with E-state index in [0.717, 1.165) is 0 Å². The van der Waals surface area contributed by atoms with E-state index in [2.05, 4.69) is 46.7 Å². The van der Waals surface area contributed by atoms with Crippen molar-refractivity contribution in [3.8, 4) is 23.0 Å². The van der Waals surface area contributed by atoms with Crippen molar-refractivity contribution >= 4 is 17.8 Å². The van der Waals surface area contributed by atoms with Gasteiger partial charge in [-0.15, -0.1) is 0 Å². The Balaban J connectivity index is 1.32. The van der Waals surface area contributed by atoms with Crippen molar-refractivity contribution in [1.82, 2.24) is 5.32 Å². The summed E-state index contributed by atoms with van der Waals surface area (Å²) in [6, 6.07) is 22.7. The lowest BCUT2D eigenvalue weighted by Gasteiger charge is -2.14. The summed E-state index contributed by atoms with van der Waals surface area (Å²) in [4.78, 5) is 23.1. The molecule has 0 unspecified atom stereocenters. The van der Waals surface area contributed by atoms with Crippen molar-refractivity contribution in [3.05, 3.63) is 89.5 Å². The van der Waals surface area contributed by atoms with Gasteiger partial charge in [0.1, 0.15) is 6.61 Å². The van der Waals surface area contributed by atoms with Crippen LogP contribution < -0.4 is 16.4 Å². The van der Waals surface area contributed by atoms with E-state index in [1.165, 1.54) is 22.3 Å². The standard InChI is InChI=1S/C25H21N3O3/c26-24(29)28-18-9-5-7-17(15-18)8-6-14-27-25(30)31-16-23-21-12-3-1-10-19(21)20-11-2-4-13-22(20)23/h1-5,7,9-13,15,23H,14,16H2,(H,27,30)(H3,26,28,29). The summed E-state index contributed by atoms with van der Waals surface area (Å²) in [6.07, 6.45) is -0.514. The minimum Gasteiger partial charge on any atom is -0.449 e. The van der Waals surface area contributed by atoms with Crippen LogP contribution in [0, 0.1) is 11.8 Å². The fourth-order valence-corrected chi connectivity index (χ4v) is 3.73. The van der Waals surface area contributed by atoms with Crippen LogP contribution in [0.25, 0.3) is 11.1 Å². The number of primary amides is 1. The zero-order chi connectivity index (χ0) is 21.6. The highest BCUT2D eigenvalue weighted by molar-refractivity contribution is 5.88. The molecule has 4 N–H and O–H groups in total. The Morgan fingerprint density at radius 3 is 2.29 bits per heavy atom. The highest BCUT2D eigenvalue weighted by Gasteiger charge is 2.28. The average Bonchev–Trinajstić information content (AvgIpc) is 3.09. The molecule has 0 bridgehead atoms. The molecule has 4 rings (SSSR count). The molecule has 0 saturated heterocycles. The molecule has 3 amide bonds. The van der Waals surface area contributed by atoms with Crippen LogP contribution in [0.15, 0.2) is 72.8 Å². The number of carbonyl (C=O) groups excluding carboxylic acids is 2. The number of amides is 3. The van der Waals surface area contributed by atoms with Gasteiger partial charge in [0.05, 0.1) is 6.54 Å². The van der Waals surface area contributed by atoms with Gasteiger partial charge in [0.2, 0.25) is 0 Å². The Morgan fingerprint density at radius 2 is 1.61 bits per heavy atom. The number of benzene rings is 3. The molecule has 154 valence electrons. The van der Waals surface area contributed by atoms with Crippen LogP contribution in [0.5, 0.6) is 0 Å². The summed E-state index contributed by atoms with van der Waals surface area (Å²) in [5.41, 5.74) is 11.1. The molecule has 3 aromatic rings. The number of fused-ring (bicyclic) bond motifs is 3. The SMILES string of the molecule is NC(=O)Nc1cccc(C#CCNC(=O)OCC2c3ccccc3-c3ccccc32)c1. The third-order valence-corrected chi connectivity index (χ3v) is 5.03. The maximum atomic E-state index is 12.1. The molecule has 0 atom stereocenters. The second-order valence-corrected chi connectivity index (χ2v) is 7.05. The van der Waals surface area contributed by atoms with E-state index in [4.69, 9.17) is 10.5 Å². The molecule has 0 fully saturated rings. The van der Waals surface area contributed by atoms with E-state index < -0.39 is 12.1 Å². The van der Waals surface area contributed by atoms with Crippen molar-refractivity contribution < 1.29 is 14.3 Å². The van der Waals surface area contributed by atoms with Gasteiger partial charge in [0.15, 0.2) is 0 Å². The van der Waals surface area contributed by atoms with Gasteiger partial charge in [-0.25, -0.2) is 9.59 Å². The molecule has 0 aliphatic heterocycles. The Hall–Kier alpha value is -4.24. The van der Waals surface area contributed by atoms with Crippen molar-refractivity contribution in [2.24, 2.45) is 5.73 Å². The fourth-order valence-electron chi connectivity index (χ4n) is 3.73.